The summed E-state index contributed by atoms with van der Waals surface area (Å²) in [6, 6.07) is 2.28. The summed E-state index contributed by atoms with van der Waals surface area (Å²) in [5.74, 6) is -1.79. The predicted molar refractivity (Wildman–Crippen MR) is 83.3 cm³/mol. The van der Waals surface area contributed by atoms with Crippen molar-refractivity contribution in [2.24, 2.45) is 5.92 Å². The molecule has 25 heavy (non-hydrogen) atoms. The number of nitrogens with zero attached hydrogens (tertiary/aromatic N) is 1. The lowest BCUT2D eigenvalue weighted by Crippen LogP contribution is -2.43. The van der Waals surface area contributed by atoms with Crippen LogP contribution in [0.4, 0.5) is 23.2 Å². The summed E-state index contributed by atoms with van der Waals surface area (Å²) in [6.07, 6.45) is 1.05. The van der Waals surface area contributed by atoms with Crippen LogP contribution in [0.15, 0.2) is 23.1 Å². The number of halogens is 4. The van der Waals surface area contributed by atoms with E-state index in [1.807, 2.05) is 0 Å². The lowest BCUT2D eigenvalue weighted by molar-refractivity contribution is -0.125. The van der Waals surface area contributed by atoms with Crippen molar-refractivity contribution in [1.29, 1.82) is 0 Å². The van der Waals surface area contributed by atoms with Gasteiger partial charge in [-0.05, 0) is 38.0 Å². The van der Waals surface area contributed by atoms with Crippen LogP contribution in [0.5, 0.6) is 0 Å². The van der Waals surface area contributed by atoms with Crippen molar-refractivity contribution in [3.63, 3.8) is 0 Å². The Morgan fingerprint density at radius 1 is 1.36 bits per heavy atom. The Labute approximate surface area is 142 Å². The zero-order valence-electron chi connectivity index (χ0n) is 13.4. The van der Waals surface area contributed by atoms with Crippen molar-refractivity contribution >= 4 is 21.4 Å². The van der Waals surface area contributed by atoms with Gasteiger partial charge in [0.25, 0.3) is 9.84 Å². The lowest BCUT2D eigenvalue weighted by Gasteiger charge is -2.34. The Morgan fingerprint density at radius 2 is 2.04 bits per heavy atom. The largest absolute Gasteiger partial charge is 0.501 e. The molecule has 0 aliphatic carbocycles. The first-order chi connectivity index (χ1) is 11.6. The second-order valence-electron chi connectivity index (χ2n) is 5.74. The molecular formula is C15H18F4N2O3S. The minimum absolute atomic E-state index is 0.0673. The van der Waals surface area contributed by atoms with E-state index < -0.39 is 32.0 Å². The first-order valence-electron chi connectivity index (χ1n) is 7.71. The molecule has 0 spiro atoms. The van der Waals surface area contributed by atoms with E-state index in [2.05, 4.69) is 5.32 Å². The predicted octanol–water partition coefficient (Wildman–Crippen LogP) is 2.47. The maximum atomic E-state index is 13.4. The summed E-state index contributed by atoms with van der Waals surface area (Å²) < 4.78 is 75.7. The molecule has 0 bridgehead atoms. The number of alkyl halides is 3. The first-order valence-corrected chi connectivity index (χ1v) is 9.19. The molecule has 10 heteroatoms. The van der Waals surface area contributed by atoms with Crippen molar-refractivity contribution in [2.45, 2.75) is 30.2 Å². The molecule has 2 rings (SSSR count). The van der Waals surface area contributed by atoms with Crippen LogP contribution >= 0.6 is 0 Å². The summed E-state index contributed by atoms with van der Waals surface area (Å²) in [7, 11) is -5.71. The van der Waals surface area contributed by atoms with E-state index in [0.717, 1.165) is 12.1 Å². The number of anilines is 1. The number of amides is 1. The highest BCUT2D eigenvalue weighted by Crippen LogP contribution is 2.37. The third-order valence-corrected chi connectivity index (χ3v) is 5.52. The van der Waals surface area contributed by atoms with E-state index in [1.165, 1.54) is 4.90 Å². The molecule has 0 aromatic heterocycles. The number of piperidine rings is 1. The Hall–Kier alpha value is -1.84. The number of rotatable bonds is 4. The molecule has 1 fully saturated rings. The molecule has 1 amide bonds. The van der Waals surface area contributed by atoms with Gasteiger partial charge in [-0.1, -0.05) is 0 Å². The van der Waals surface area contributed by atoms with Crippen LogP contribution in [0.25, 0.3) is 0 Å². The minimum atomic E-state index is -5.71. The fourth-order valence-corrected chi connectivity index (χ4v) is 3.81. The minimum Gasteiger partial charge on any atom is -0.370 e. The SMILES string of the molecule is CCNC(=O)C1CCCN(c2ccc(F)cc2S(=O)(=O)C(F)(F)F)C1. The third-order valence-electron chi connectivity index (χ3n) is 4.00. The van der Waals surface area contributed by atoms with Gasteiger partial charge in [-0.25, -0.2) is 12.8 Å². The van der Waals surface area contributed by atoms with Gasteiger partial charge in [-0.2, -0.15) is 13.2 Å². The average molecular weight is 382 g/mol. The second kappa shape index (κ2) is 7.19. The standard InChI is InChI=1S/C15H18F4N2O3S/c1-2-20-14(22)10-4-3-7-21(9-10)12-6-5-11(16)8-13(12)25(23,24)15(17,18)19/h5-6,8,10H,2-4,7,9H2,1H3,(H,20,22). The normalized spacial score (nSPS) is 18.9. The summed E-state index contributed by atoms with van der Waals surface area (Å²) in [6.45, 7) is 2.51. The van der Waals surface area contributed by atoms with Gasteiger partial charge in [0.05, 0.1) is 11.6 Å². The quantitative estimate of drug-likeness (QED) is 0.813. The van der Waals surface area contributed by atoms with E-state index in [9.17, 15) is 30.8 Å². The Kier molecular flexibility index (Phi) is 5.60. The number of nitrogens with one attached hydrogen (secondary N) is 1. The van der Waals surface area contributed by atoms with Gasteiger partial charge < -0.3 is 10.2 Å². The molecular weight excluding hydrogens is 364 g/mol. The molecule has 1 saturated heterocycles. The molecule has 1 unspecified atom stereocenters. The first kappa shape index (κ1) is 19.5. The molecule has 5 nitrogen and oxygen atoms in total. The number of benzene rings is 1. The number of sulfone groups is 1. The van der Waals surface area contributed by atoms with Gasteiger partial charge in [0.2, 0.25) is 5.91 Å². The maximum absolute atomic E-state index is 13.4. The Bertz CT molecular complexity index is 750. The smallest absolute Gasteiger partial charge is 0.370 e. The van der Waals surface area contributed by atoms with Crippen LogP contribution in [0.3, 0.4) is 0 Å². The van der Waals surface area contributed by atoms with E-state index in [1.54, 1.807) is 6.92 Å². The molecule has 0 saturated carbocycles. The Balaban J connectivity index is 2.41. The van der Waals surface area contributed by atoms with E-state index in [0.29, 0.717) is 25.5 Å². The second-order valence-corrected chi connectivity index (χ2v) is 7.65. The Morgan fingerprint density at radius 3 is 2.64 bits per heavy atom. The number of carbonyl (C=O) groups is 1. The summed E-state index contributed by atoms with van der Waals surface area (Å²) in [5.41, 5.74) is -5.78. The van der Waals surface area contributed by atoms with Crippen LogP contribution in [0.1, 0.15) is 19.8 Å². The maximum Gasteiger partial charge on any atom is 0.501 e. The molecule has 1 aromatic rings. The van der Waals surface area contributed by atoms with Crippen molar-refractivity contribution in [3.8, 4) is 0 Å². The van der Waals surface area contributed by atoms with E-state index >= 15 is 0 Å². The van der Waals surface area contributed by atoms with Crippen molar-refractivity contribution in [3.05, 3.63) is 24.0 Å². The highest BCUT2D eigenvalue weighted by molar-refractivity contribution is 7.92. The van der Waals surface area contributed by atoms with Gasteiger partial charge in [-0.3, -0.25) is 4.79 Å². The van der Waals surface area contributed by atoms with Crippen LogP contribution in [-0.2, 0) is 14.6 Å². The molecule has 1 atom stereocenters. The van der Waals surface area contributed by atoms with Gasteiger partial charge in [0.1, 0.15) is 10.7 Å². The number of hydrogen-bond acceptors (Lipinski definition) is 4. The van der Waals surface area contributed by atoms with Gasteiger partial charge in [-0.15, -0.1) is 0 Å². The van der Waals surface area contributed by atoms with Crippen LogP contribution in [0, 0.1) is 11.7 Å². The van der Waals surface area contributed by atoms with Crippen LogP contribution < -0.4 is 10.2 Å². The zero-order valence-corrected chi connectivity index (χ0v) is 14.3. The number of carbonyl (C=O) groups excluding carboxylic acids is 1. The fourth-order valence-electron chi connectivity index (χ4n) is 2.82. The van der Waals surface area contributed by atoms with Crippen molar-refractivity contribution in [1.82, 2.24) is 5.32 Å². The summed E-state index contributed by atoms with van der Waals surface area (Å²) >= 11 is 0. The van der Waals surface area contributed by atoms with Gasteiger partial charge in [0, 0.05) is 19.6 Å². The van der Waals surface area contributed by atoms with Gasteiger partial charge >= 0.3 is 5.51 Å². The summed E-state index contributed by atoms with van der Waals surface area (Å²) in [4.78, 5) is 12.2. The van der Waals surface area contributed by atoms with Crippen molar-refractivity contribution in [2.75, 3.05) is 24.5 Å². The van der Waals surface area contributed by atoms with Crippen LogP contribution in [0.2, 0.25) is 0 Å². The average Bonchev–Trinajstić information content (AvgIpc) is 2.54. The van der Waals surface area contributed by atoms with Crippen LogP contribution in [-0.4, -0.2) is 39.5 Å². The summed E-state index contributed by atoms with van der Waals surface area (Å²) in [5, 5.41) is 2.64. The zero-order chi connectivity index (χ0) is 18.8. The van der Waals surface area contributed by atoms with Crippen molar-refractivity contribution < 1.29 is 30.8 Å². The monoisotopic (exact) mass is 382 g/mol. The highest BCUT2D eigenvalue weighted by Gasteiger charge is 2.48. The highest BCUT2D eigenvalue weighted by atomic mass is 32.2. The van der Waals surface area contributed by atoms with E-state index in [4.69, 9.17) is 0 Å². The lowest BCUT2D eigenvalue weighted by atomic mass is 9.96. The number of hydrogen-bond donors (Lipinski definition) is 1. The molecule has 0 radical (unpaired) electrons. The van der Waals surface area contributed by atoms with Gasteiger partial charge in [0.15, 0.2) is 0 Å². The molecule has 1 aliphatic rings. The molecule has 1 N–H and O–H groups in total. The molecule has 1 aromatic carbocycles. The molecule has 1 heterocycles. The fraction of sp³-hybridized carbons (Fsp3) is 0.533. The van der Waals surface area contributed by atoms with E-state index in [-0.39, 0.29) is 24.7 Å². The third kappa shape index (κ3) is 4.05. The topological polar surface area (TPSA) is 66.5 Å². The molecule has 1 aliphatic heterocycles. The molecule has 140 valence electrons.